The van der Waals surface area contributed by atoms with E-state index in [1.807, 2.05) is 24.3 Å². The smallest absolute Gasteiger partial charge is 0.255 e. The number of nitrogens with one attached hydrogen (secondary N) is 1. The van der Waals surface area contributed by atoms with Gasteiger partial charge in [-0.05, 0) is 36.2 Å². The topological polar surface area (TPSA) is 69.6 Å². The Balaban J connectivity index is 1.62. The monoisotopic (exact) mass is 310 g/mol. The highest BCUT2D eigenvalue weighted by atomic mass is 16.3. The quantitative estimate of drug-likeness (QED) is 0.911. The van der Waals surface area contributed by atoms with Crippen LogP contribution in [-0.2, 0) is 11.3 Å². The van der Waals surface area contributed by atoms with E-state index in [0.717, 1.165) is 24.2 Å². The van der Waals surface area contributed by atoms with Gasteiger partial charge in [-0.3, -0.25) is 9.59 Å². The Bertz CT molecular complexity index is 725. The molecular formula is C18H18N2O3. The highest BCUT2D eigenvalue weighted by molar-refractivity contribution is 5.97. The molecule has 118 valence electrons. The summed E-state index contributed by atoms with van der Waals surface area (Å²) in [4.78, 5) is 25.5. The van der Waals surface area contributed by atoms with E-state index in [2.05, 4.69) is 5.32 Å². The molecule has 0 aromatic heterocycles. The fraction of sp³-hybridized carbons (Fsp3) is 0.222. The number of nitrogens with zero attached hydrogens (tertiary/aromatic N) is 1. The number of para-hydroxylation sites is 1. The maximum atomic E-state index is 12.0. The van der Waals surface area contributed by atoms with Crippen molar-refractivity contribution in [3.63, 3.8) is 0 Å². The molecule has 0 unspecified atom stereocenters. The van der Waals surface area contributed by atoms with Crippen LogP contribution >= 0.6 is 0 Å². The lowest BCUT2D eigenvalue weighted by Gasteiger charge is -2.16. The molecule has 0 saturated carbocycles. The van der Waals surface area contributed by atoms with E-state index in [4.69, 9.17) is 0 Å². The number of hydrogen-bond donors (Lipinski definition) is 2. The van der Waals surface area contributed by atoms with Crippen molar-refractivity contribution in [3.05, 3.63) is 59.7 Å². The van der Waals surface area contributed by atoms with Gasteiger partial charge in [-0.2, -0.15) is 0 Å². The number of carbonyl (C=O) groups is 2. The lowest BCUT2D eigenvalue weighted by atomic mass is 10.1. The molecule has 0 spiro atoms. The summed E-state index contributed by atoms with van der Waals surface area (Å²) < 4.78 is 0. The van der Waals surface area contributed by atoms with Crippen LogP contribution in [0, 0.1) is 0 Å². The second kappa shape index (κ2) is 6.52. The van der Waals surface area contributed by atoms with Crippen LogP contribution in [0.3, 0.4) is 0 Å². The Morgan fingerprint density at radius 3 is 2.52 bits per heavy atom. The number of carbonyl (C=O) groups excluding carboxylic acids is 2. The van der Waals surface area contributed by atoms with Crippen molar-refractivity contribution in [3.8, 4) is 5.75 Å². The van der Waals surface area contributed by atoms with Gasteiger partial charge in [0.05, 0.1) is 5.56 Å². The molecule has 0 aliphatic carbocycles. The van der Waals surface area contributed by atoms with Crippen LogP contribution in [0.2, 0.25) is 0 Å². The summed E-state index contributed by atoms with van der Waals surface area (Å²) in [6.07, 6.45) is 1.51. The molecule has 2 N–H and O–H groups in total. The molecule has 2 aromatic carbocycles. The number of phenols is 1. The molecule has 1 fully saturated rings. The molecule has 1 aliphatic heterocycles. The number of phenolic OH excluding ortho intramolecular Hbond substituents is 1. The summed E-state index contributed by atoms with van der Waals surface area (Å²) in [7, 11) is 0. The number of hydrogen-bond acceptors (Lipinski definition) is 3. The summed E-state index contributed by atoms with van der Waals surface area (Å²) in [6.45, 7) is 1.13. The van der Waals surface area contributed by atoms with E-state index in [-0.39, 0.29) is 23.1 Å². The molecule has 0 bridgehead atoms. The normalized spacial score (nSPS) is 14.1. The van der Waals surface area contributed by atoms with Crippen LogP contribution in [-0.4, -0.2) is 23.5 Å². The predicted octanol–water partition coefficient (Wildman–Crippen LogP) is 2.45. The van der Waals surface area contributed by atoms with Crippen LogP contribution in [0.5, 0.6) is 5.75 Å². The number of aromatic hydroxyl groups is 1. The lowest BCUT2D eigenvalue weighted by Crippen LogP contribution is -2.24. The predicted molar refractivity (Wildman–Crippen MR) is 87.3 cm³/mol. The average Bonchev–Trinajstić information content (AvgIpc) is 2.99. The molecule has 0 atom stereocenters. The van der Waals surface area contributed by atoms with Crippen LogP contribution < -0.4 is 10.2 Å². The van der Waals surface area contributed by atoms with E-state index in [1.165, 1.54) is 6.07 Å². The molecular weight excluding hydrogens is 292 g/mol. The van der Waals surface area contributed by atoms with E-state index in [0.29, 0.717) is 13.0 Å². The van der Waals surface area contributed by atoms with Crippen molar-refractivity contribution >= 4 is 17.5 Å². The number of benzene rings is 2. The lowest BCUT2D eigenvalue weighted by molar-refractivity contribution is -0.117. The molecule has 1 saturated heterocycles. The average molecular weight is 310 g/mol. The maximum Gasteiger partial charge on any atom is 0.255 e. The second-order valence-electron chi connectivity index (χ2n) is 5.52. The Hall–Kier alpha value is -2.82. The van der Waals surface area contributed by atoms with Gasteiger partial charge in [-0.15, -0.1) is 0 Å². The van der Waals surface area contributed by atoms with Crippen molar-refractivity contribution in [2.45, 2.75) is 19.4 Å². The third-order valence-corrected chi connectivity index (χ3v) is 3.92. The molecule has 5 heteroatoms. The first-order valence-electron chi connectivity index (χ1n) is 7.60. The van der Waals surface area contributed by atoms with Crippen LogP contribution in [0.4, 0.5) is 5.69 Å². The summed E-state index contributed by atoms with van der Waals surface area (Å²) >= 11 is 0. The fourth-order valence-corrected chi connectivity index (χ4v) is 2.66. The van der Waals surface area contributed by atoms with Gasteiger partial charge < -0.3 is 15.3 Å². The van der Waals surface area contributed by atoms with Gasteiger partial charge in [-0.1, -0.05) is 24.3 Å². The van der Waals surface area contributed by atoms with Crippen molar-refractivity contribution in [1.29, 1.82) is 0 Å². The summed E-state index contributed by atoms with van der Waals surface area (Å²) in [5.41, 5.74) is 2.08. The minimum absolute atomic E-state index is 0.0344. The van der Waals surface area contributed by atoms with Crippen LogP contribution in [0.25, 0.3) is 0 Å². The number of amides is 2. The van der Waals surface area contributed by atoms with Gasteiger partial charge in [0.15, 0.2) is 0 Å². The van der Waals surface area contributed by atoms with Crippen molar-refractivity contribution in [2.24, 2.45) is 0 Å². The largest absolute Gasteiger partial charge is 0.507 e. The number of rotatable bonds is 4. The highest BCUT2D eigenvalue weighted by Gasteiger charge is 2.21. The zero-order chi connectivity index (χ0) is 16.2. The summed E-state index contributed by atoms with van der Waals surface area (Å²) in [5, 5.41) is 12.4. The van der Waals surface area contributed by atoms with Gasteiger partial charge in [0.1, 0.15) is 5.75 Å². The van der Waals surface area contributed by atoms with Gasteiger partial charge >= 0.3 is 0 Å². The first-order valence-corrected chi connectivity index (χ1v) is 7.60. The zero-order valence-corrected chi connectivity index (χ0v) is 12.7. The van der Waals surface area contributed by atoms with Crippen molar-refractivity contribution in [2.75, 3.05) is 11.4 Å². The fourth-order valence-electron chi connectivity index (χ4n) is 2.66. The van der Waals surface area contributed by atoms with Gasteiger partial charge in [0.25, 0.3) is 5.91 Å². The van der Waals surface area contributed by atoms with E-state index in [1.54, 1.807) is 23.1 Å². The summed E-state index contributed by atoms with van der Waals surface area (Å²) in [6, 6.07) is 14.0. The standard InChI is InChI=1S/C18H18N2O3/c21-16-5-2-1-4-15(16)18(23)19-12-13-7-9-14(10-8-13)20-11-3-6-17(20)22/h1-2,4-5,7-10,21H,3,6,11-12H2,(H,19,23). The Kier molecular flexibility index (Phi) is 4.28. The van der Waals surface area contributed by atoms with E-state index < -0.39 is 0 Å². The number of anilines is 1. The molecule has 5 nitrogen and oxygen atoms in total. The highest BCUT2D eigenvalue weighted by Crippen LogP contribution is 2.21. The van der Waals surface area contributed by atoms with Gasteiger partial charge in [0.2, 0.25) is 5.91 Å². The minimum Gasteiger partial charge on any atom is -0.507 e. The Morgan fingerprint density at radius 2 is 1.87 bits per heavy atom. The molecule has 3 rings (SSSR count). The molecule has 0 radical (unpaired) electrons. The van der Waals surface area contributed by atoms with Crippen molar-refractivity contribution < 1.29 is 14.7 Å². The Morgan fingerprint density at radius 1 is 1.13 bits per heavy atom. The zero-order valence-electron chi connectivity index (χ0n) is 12.7. The summed E-state index contributed by atoms with van der Waals surface area (Å²) in [5.74, 6) is -0.194. The van der Waals surface area contributed by atoms with Crippen molar-refractivity contribution in [1.82, 2.24) is 5.32 Å². The molecule has 2 aromatic rings. The maximum absolute atomic E-state index is 12.0. The molecule has 1 aliphatic rings. The SMILES string of the molecule is O=C(NCc1ccc(N2CCCC2=O)cc1)c1ccccc1O. The molecule has 23 heavy (non-hydrogen) atoms. The first kappa shape index (κ1) is 15.1. The van der Waals surface area contributed by atoms with Crippen LogP contribution in [0.15, 0.2) is 48.5 Å². The minimum atomic E-state index is -0.318. The second-order valence-corrected chi connectivity index (χ2v) is 5.52. The third-order valence-electron chi connectivity index (χ3n) is 3.92. The van der Waals surface area contributed by atoms with Gasteiger partial charge in [0, 0.05) is 25.2 Å². The third kappa shape index (κ3) is 3.34. The molecule has 1 heterocycles. The Labute approximate surface area is 134 Å². The first-order chi connectivity index (χ1) is 11.1. The molecule has 2 amide bonds. The van der Waals surface area contributed by atoms with Gasteiger partial charge in [-0.25, -0.2) is 0 Å². The van der Waals surface area contributed by atoms with E-state index in [9.17, 15) is 14.7 Å². The van der Waals surface area contributed by atoms with Crippen LogP contribution in [0.1, 0.15) is 28.8 Å². The van der Waals surface area contributed by atoms with E-state index >= 15 is 0 Å².